The quantitative estimate of drug-likeness (QED) is 0.607. The number of aryl methyl sites for hydroxylation is 1. The first kappa shape index (κ1) is 23.2. The van der Waals surface area contributed by atoms with Crippen molar-refractivity contribution in [3.8, 4) is 22.4 Å². The van der Waals surface area contributed by atoms with E-state index in [0.717, 1.165) is 12.1 Å². The molecule has 2 N–H and O–H groups in total. The molecular formula is C23H26F2N6O. The highest BCUT2D eigenvalue weighted by Gasteiger charge is 2.24. The molecule has 1 aromatic carbocycles. The summed E-state index contributed by atoms with van der Waals surface area (Å²) in [6, 6.07) is 5.66. The summed E-state index contributed by atoms with van der Waals surface area (Å²) in [5.74, 6) is -2.25. The van der Waals surface area contributed by atoms with Crippen LogP contribution < -0.4 is 5.73 Å². The Labute approximate surface area is 185 Å². The van der Waals surface area contributed by atoms with Crippen LogP contribution in [0.15, 0.2) is 36.8 Å². The molecule has 2 aromatic heterocycles. The lowest BCUT2D eigenvalue weighted by Gasteiger charge is -2.20. The van der Waals surface area contributed by atoms with Gasteiger partial charge in [0.25, 0.3) is 5.91 Å². The fourth-order valence-electron chi connectivity index (χ4n) is 3.32. The monoisotopic (exact) mass is 440 g/mol. The summed E-state index contributed by atoms with van der Waals surface area (Å²) < 4.78 is 30.0. The van der Waals surface area contributed by atoms with Crippen LogP contribution in [0.25, 0.3) is 22.4 Å². The van der Waals surface area contributed by atoms with E-state index in [2.05, 4.69) is 15.0 Å². The molecule has 1 amide bonds. The predicted molar refractivity (Wildman–Crippen MR) is 120 cm³/mol. The van der Waals surface area contributed by atoms with E-state index >= 15 is 8.78 Å². The van der Waals surface area contributed by atoms with E-state index < -0.39 is 23.1 Å². The van der Waals surface area contributed by atoms with Gasteiger partial charge in [0.15, 0.2) is 0 Å². The molecule has 3 rings (SSSR count). The first-order valence-electron chi connectivity index (χ1n) is 10.2. The van der Waals surface area contributed by atoms with Crippen molar-refractivity contribution >= 4 is 11.7 Å². The highest BCUT2D eigenvalue weighted by atomic mass is 19.1. The van der Waals surface area contributed by atoms with Crippen LogP contribution in [0.2, 0.25) is 0 Å². The summed E-state index contributed by atoms with van der Waals surface area (Å²) in [4.78, 5) is 28.5. The predicted octanol–water partition coefficient (Wildman–Crippen LogP) is 3.26. The van der Waals surface area contributed by atoms with Crippen molar-refractivity contribution in [1.29, 1.82) is 0 Å². The third-order valence-corrected chi connectivity index (χ3v) is 5.09. The highest BCUT2D eigenvalue weighted by Crippen LogP contribution is 2.34. The number of nitrogens with two attached hydrogens (primary N) is 1. The van der Waals surface area contributed by atoms with Crippen LogP contribution in [0.5, 0.6) is 0 Å². The number of pyridine rings is 1. The minimum absolute atomic E-state index is 0.205. The number of nitrogens with zero attached hydrogens (tertiary/aromatic N) is 5. The van der Waals surface area contributed by atoms with Gasteiger partial charge in [-0.15, -0.1) is 0 Å². The maximum Gasteiger partial charge on any atom is 0.259 e. The van der Waals surface area contributed by atoms with Crippen LogP contribution in [0.3, 0.4) is 0 Å². The number of hydrogen-bond acceptors (Lipinski definition) is 6. The third-order valence-electron chi connectivity index (χ3n) is 5.09. The number of rotatable bonds is 7. The van der Waals surface area contributed by atoms with Gasteiger partial charge in [-0.25, -0.2) is 23.7 Å². The lowest BCUT2D eigenvalue weighted by molar-refractivity contribution is 0.0776. The van der Waals surface area contributed by atoms with E-state index in [1.165, 1.54) is 18.3 Å². The van der Waals surface area contributed by atoms with Crippen molar-refractivity contribution in [2.75, 3.05) is 40.0 Å². The Hall–Kier alpha value is -3.46. The molecule has 9 heteroatoms. The van der Waals surface area contributed by atoms with E-state index in [-0.39, 0.29) is 5.56 Å². The number of carbonyl (C=O) groups is 1. The lowest BCUT2D eigenvalue weighted by Crippen LogP contribution is -2.34. The van der Waals surface area contributed by atoms with E-state index in [9.17, 15) is 4.79 Å². The molecular weight excluding hydrogens is 414 g/mol. The maximum absolute atomic E-state index is 15.0. The van der Waals surface area contributed by atoms with Crippen LogP contribution in [0.4, 0.5) is 14.6 Å². The van der Waals surface area contributed by atoms with Crippen LogP contribution in [0.1, 0.15) is 23.0 Å². The number of carbonyl (C=O) groups excluding carboxylic acids is 1. The normalized spacial score (nSPS) is 11.1. The van der Waals surface area contributed by atoms with Gasteiger partial charge in [-0.05, 0) is 44.8 Å². The van der Waals surface area contributed by atoms with Gasteiger partial charge in [0, 0.05) is 43.0 Å². The molecule has 0 spiro atoms. The van der Waals surface area contributed by atoms with Gasteiger partial charge in [0.05, 0.1) is 11.4 Å². The molecule has 0 aliphatic carbocycles. The third kappa shape index (κ3) is 4.88. The minimum Gasteiger partial charge on any atom is -0.384 e. The number of anilines is 1. The zero-order valence-corrected chi connectivity index (χ0v) is 18.6. The molecule has 168 valence electrons. The van der Waals surface area contributed by atoms with Crippen molar-refractivity contribution in [2.45, 2.75) is 13.3 Å². The number of benzene rings is 1. The van der Waals surface area contributed by atoms with Gasteiger partial charge < -0.3 is 15.5 Å². The van der Waals surface area contributed by atoms with Gasteiger partial charge in [0.2, 0.25) is 0 Å². The summed E-state index contributed by atoms with van der Waals surface area (Å²) in [5.41, 5.74) is 7.65. The molecule has 0 aliphatic rings. The number of halogens is 2. The molecule has 0 saturated heterocycles. The number of aromatic nitrogens is 3. The standard InChI is InChI=1S/C23H26F2N6O/c1-5-18-20(14-6-7-19(26)27-12-14)22(29-13-28-18)15-10-16(24)21(17(25)11-15)23(32)31(4)9-8-30(2)3/h6-7,10-13H,5,8-9H2,1-4H3,(H2,26,27). The zero-order valence-electron chi connectivity index (χ0n) is 18.6. The van der Waals surface area contributed by atoms with Gasteiger partial charge in [0.1, 0.15) is 29.3 Å². The molecule has 0 radical (unpaired) electrons. The zero-order chi connectivity index (χ0) is 23.4. The van der Waals surface area contributed by atoms with E-state index in [4.69, 9.17) is 5.73 Å². The fraction of sp³-hybridized carbons (Fsp3) is 0.304. The molecule has 0 aliphatic heterocycles. The van der Waals surface area contributed by atoms with Crippen molar-refractivity contribution in [1.82, 2.24) is 24.8 Å². The molecule has 0 fully saturated rings. The van der Waals surface area contributed by atoms with Crippen LogP contribution in [-0.4, -0.2) is 64.9 Å². The average Bonchev–Trinajstić information content (AvgIpc) is 2.76. The number of nitrogen functional groups attached to an aromatic ring is 1. The molecule has 0 saturated carbocycles. The van der Waals surface area contributed by atoms with E-state index in [1.54, 1.807) is 18.3 Å². The Morgan fingerprint density at radius 2 is 1.69 bits per heavy atom. The van der Waals surface area contributed by atoms with Gasteiger partial charge in [-0.1, -0.05) is 6.92 Å². The van der Waals surface area contributed by atoms with E-state index in [0.29, 0.717) is 47.8 Å². The van der Waals surface area contributed by atoms with Crippen LogP contribution >= 0.6 is 0 Å². The van der Waals surface area contributed by atoms with Gasteiger partial charge in [-0.2, -0.15) is 0 Å². The Morgan fingerprint density at radius 1 is 1.00 bits per heavy atom. The first-order chi connectivity index (χ1) is 15.2. The second-order valence-corrected chi connectivity index (χ2v) is 7.71. The summed E-state index contributed by atoms with van der Waals surface area (Å²) in [6.07, 6.45) is 3.50. The average molecular weight is 440 g/mol. The first-order valence-corrected chi connectivity index (χ1v) is 10.2. The van der Waals surface area contributed by atoms with Crippen LogP contribution in [-0.2, 0) is 6.42 Å². The number of amides is 1. The molecule has 0 bridgehead atoms. The summed E-state index contributed by atoms with van der Waals surface area (Å²) in [5, 5.41) is 0. The largest absolute Gasteiger partial charge is 0.384 e. The van der Waals surface area contributed by atoms with Crippen molar-refractivity contribution in [3.63, 3.8) is 0 Å². The smallest absolute Gasteiger partial charge is 0.259 e. The fourth-order valence-corrected chi connectivity index (χ4v) is 3.32. The Balaban J connectivity index is 2.07. The van der Waals surface area contributed by atoms with Crippen molar-refractivity contribution in [2.24, 2.45) is 0 Å². The van der Waals surface area contributed by atoms with Gasteiger partial charge >= 0.3 is 0 Å². The number of likely N-dealkylation sites (N-methyl/N-ethyl adjacent to an activating group) is 2. The summed E-state index contributed by atoms with van der Waals surface area (Å²) in [6.45, 7) is 2.84. The topological polar surface area (TPSA) is 88.2 Å². The van der Waals surface area contributed by atoms with E-state index in [1.807, 2.05) is 25.9 Å². The minimum atomic E-state index is -0.945. The Bertz CT molecular complexity index is 1090. The molecule has 0 unspecified atom stereocenters. The summed E-state index contributed by atoms with van der Waals surface area (Å²) in [7, 11) is 5.23. The lowest BCUT2D eigenvalue weighted by atomic mass is 9.96. The maximum atomic E-state index is 15.0. The Morgan fingerprint density at radius 3 is 2.25 bits per heavy atom. The molecule has 3 aromatic rings. The molecule has 32 heavy (non-hydrogen) atoms. The SMILES string of the molecule is CCc1ncnc(-c2cc(F)c(C(=O)N(C)CCN(C)C)c(F)c2)c1-c1ccc(N)nc1. The molecule has 7 nitrogen and oxygen atoms in total. The Kier molecular flexibility index (Phi) is 7.09. The van der Waals surface area contributed by atoms with Crippen LogP contribution in [0, 0.1) is 11.6 Å². The van der Waals surface area contributed by atoms with Crippen molar-refractivity contribution in [3.05, 3.63) is 59.7 Å². The molecule has 0 atom stereocenters. The van der Waals surface area contributed by atoms with Crippen molar-refractivity contribution < 1.29 is 13.6 Å². The summed E-state index contributed by atoms with van der Waals surface area (Å²) >= 11 is 0. The second-order valence-electron chi connectivity index (χ2n) is 7.71. The number of hydrogen-bond donors (Lipinski definition) is 1. The molecule has 2 heterocycles. The second kappa shape index (κ2) is 9.78. The van der Waals surface area contributed by atoms with Gasteiger partial charge in [-0.3, -0.25) is 4.79 Å². The highest BCUT2D eigenvalue weighted by molar-refractivity contribution is 5.95.